The molecule has 0 aliphatic carbocycles. The number of sulfone groups is 1. The van der Waals surface area contributed by atoms with Gasteiger partial charge in [0.15, 0.2) is 9.84 Å². The lowest BCUT2D eigenvalue weighted by molar-refractivity contribution is -0.136. The fraction of sp³-hybridized carbons (Fsp3) is 0.611. The second-order valence-corrected chi connectivity index (χ2v) is 8.72. The van der Waals surface area contributed by atoms with Gasteiger partial charge in [-0.3, -0.25) is 4.79 Å². The van der Waals surface area contributed by atoms with E-state index in [4.69, 9.17) is 10.5 Å². The zero-order valence-electron chi connectivity index (χ0n) is 15.0. The van der Waals surface area contributed by atoms with Gasteiger partial charge in [-0.05, 0) is 49.4 Å². The zero-order chi connectivity index (χ0) is 18.4. The van der Waals surface area contributed by atoms with Crippen LogP contribution in [-0.2, 0) is 14.6 Å². The molecule has 1 aliphatic heterocycles. The molecule has 1 aromatic rings. The van der Waals surface area contributed by atoms with Crippen LogP contribution in [0.1, 0.15) is 32.6 Å². The number of nitrogens with two attached hydrogens (primary N) is 1. The first kappa shape index (κ1) is 19.7. The van der Waals surface area contributed by atoms with E-state index in [9.17, 15) is 13.2 Å². The van der Waals surface area contributed by atoms with Gasteiger partial charge in [0.25, 0.3) is 0 Å². The molecule has 1 heterocycles. The third kappa shape index (κ3) is 5.44. The van der Waals surface area contributed by atoms with Crippen LogP contribution in [0.4, 0.5) is 0 Å². The topological polar surface area (TPSA) is 89.7 Å². The van der Waals surface area contributed by atoms with Gasteiger partial charge in [0, 0.05) is 31.8 Å². The Balaban J connectivity index is 1.78. The van der Waals surface area contributed by atoms with E-state index in [2.05, 4.69) is 6.92 Å². The maximum Gasteiger partial charge on any atom is 0.222 e. The number of carbonyl (C=O) groups excluding carboxylic acids is 1. The number of rotatable bonds is 7. The Labute approximate surface area is 150 Å². The Kier molecular flexibility index (Phi) is 6.84. The number of carbonyl (C=O) groups is 1. The first-order valence-electron chi connectivity index (χ1n) is 8.75. The number of ether oxygens (including phenoxy) is 1. The summed E-state index contributed by atoms with van der Waals surface area (Å²) in [5.74, 6) is 1.19. The fourth-order valence-electron chi connectivity index (χ4n) is 3.26. The number of hydrogen-bond acceptors (Lipinski definition) is 5. The van der Waals surface area contributed by atoms with Crippen molar-refractivity contribution in [2.45, 2.75) is 43.5 Å². The second-order valence-electron chi connectivity index (χ2n) is 6.71. The number of amides is 1. The predicted octanol–water partition coefficient (Wildman–Crippen LogP) is 1.83. The van der Waals surface area contributed by atoms with Crippen molar-refractivity contribution in [1.82, 2.24) is 4.90 Å². The normalized spacial score (nSPS) is 21.2. The van der Waals surface area contributed by atoms with Crippen LogP contribution >= 0.6 is 0 Å². The average Bonchev–Trinajstić information content (AvgIpc) is 2.58. The SMILES string of the molecule is C[C@H]1CCCN(C(=O)CCCOc2ccc(S(C)(=O)=O)cc2)[C@H]1CN. The van der Waals surface area contributed by atoms with Crippen LogP contribution < -0.4 is 10.5 Å². The van der Waals surface area contributed by atoms with Crippen molar-refractivity contribution < 1.29 is 17.9 Å². The summed E-state index contributed by atoms with van der Waals surface area (Å²) < 4.78 is 28.4. The third-order valence-corrected chi connectivity index (χ3v) is 5.86. The Morgan fingerprint density at radius 1 is 1.32 bits per heavy atom. The van der Waals surface area contributed by atoms with Gasteiger partial charge >= 0.3 is 0 Å². The first-order chi connectivity index (χ1) is 11.8. The molecule has 0 saturated carbocycles. The molecule has 0 unspecified atom stereocenters. The van der Waals surface area contributed by atoms with E-state index in [1.807, 2.05) is 4.90 Å². The van der Waals surface area contributed by atoms with Gasteiger partial charge in [0.2, 0.25) is 5.91 Å². The molecule has 1 fully saturated rings. The lowest BCUT2D eigenvalue weighted by Gasteiger charge is -2.39. The van der Waals surface area contributed by atoms with Crippen molar-refractivity contribution in [3.8, 4) is 5.75 Å². The molecule has 2 N–H and O–H groups in total. The molecular formula is C18H28N2O4S. The van der Waals surface area contributed by atoms with Crippen molar-refractivity contribution in [2.24, 2.45) is 11.7 Å². The van der Waals surface area contributed by atoms with Crippen molar-refractivity contribution in [2.75, 3.05) is 26.0 Å². The minimum atomic E-state index is -3.20. The van der Waals surface area contributed by atoms with E-state index in [1.54, 1.807) is 12.1 Å². The Morgan fingerprint density at radius 3 is 2.60 bits per heavy atom. The molecule has 1 amide bonds. The Bertz CT molecular complexity index is 673. The van der Waals surface area contributed by atoms with Gasteiger partial charge in [-0.2, -0.15) is 0 Å². The maximum absolute atomic E-state index is 12.4. The smallest absolute Gasteiger partial charge is 0.222 e. The molecule has 0 aromatic heterocycles. The lowest BCUT2D eigenvalue weighted by atomic mass is 9.90. The van der Waals surface area contributed by atoms with Crippen LogP contribution in [-0.4, -0.2) is 51.2 Å². The predicted molar refractivity (Wildman–Crippen MR) is 97.2 cm³/mol. The zero-order valence-corrected chi connectivity index (χ0v) is 15.8. The molecule has 2 atom stereocenters. The summed E-state index contributed by atoms with van der Waals surface area (Å²) in [5, 5.41) is 0. The van der Waals surface area contributed by atoms with Crippen LogP contribution in [0.3, 0.4) is 0 Å². The van der Waals surface area contributed by atoms with Gasteiger partial charge in [0.05, 0.1) is 11.5 Å². The molecule has 1 saturated heterocycles. The molecule has 0 bridgehead atoms. The highest BCUT2D eigenvalue weighted by Crippen LogP contribution is 2.23. The minimum absolute atomic E-state index is 0.137. The van der Waals surface area contributed by atoms with E-state index >= 15 is 0 Å². The summed E-state index contributed by atoms with van der Waals surface area (Å²) in [5.41, 5.74) is 5.83. The highest BCUT2D eigenvalue weighted by molar-refractivity contribution is 7.90. The van der Waals surface area contributed by atoms with E-state index < -0.39 is 9.84 Å². The summed E-state index contributed by atoms with van der Waals surface area (Å²) in [4.78, 5) is 14.6. The Morgan fingerprint density at radius 2 is 2.00 bits per heavy atom. The number of benzene rings is 1. The van der Waals surface area contributed by atoms with E-state index in [-0.39, 0.29) is 16.8 Å². The van der Waals surface area contributed by atoms with E-state index in [1.165, 1.54) is 18.4 Å². The number of hydrogen-bond donors (Lipinski definition) is 1. The quantitative estimate of drug-likeness (QED) is 0.742. The van der Waals surface area contributed by atoms with Crippen LogP contribution in [0.5, 0.6) is 5.75 Å². The van der Waals surface area contributed by atoms with Gasteiger partial charge < -0.3 is 15.4 Å². The Hall–Kier alpha value is -1.60. The molecule has 0 spiro atoms. The van der Waals surface area contributed by atoms with Crippen molar-refractivity contribution in [1.29, 1.82) is 0 Å². The van der Waals surface area contributed by atoms with Gasteiger partial charge in [0.1, 0.15) is 5.75 Å². The summed E-state index contributed by atoms with van der Waals surface area (Å²) in [6, 6.07) is 6.46. The largest absolute Gasteiger partial charge is 0.494 e. The summed E-state index contributed by atoms with van der Waals surface area (Å²) in [6.07, 6.45) is 4.38. The standard InChI is InChI=1S/C18H28N2O4S/c1-14-5-3-11-20(17(14)13-19)18(21)6-4-12-24-15-7-9-16(10-8-15)25(2,22)23/h7-10,14,17H,3-6,11-13,19H2,1-2H3/t14-,17-/m0/s1. The number of piperidine rings is 1. The summed E-state index contributed by atoms with van der Waals surface area (Å²) >= 11 is 0. The summed E-state index contributed by atoms with van der Waals surface area (Å²) in [7, 11) is -3.20. The highest BCUT2D eigenvalue weighted by Gasteiger charge is 2.30. The number of nitrogens with zero attached hydrogens (tertiary/aromatic N) is 1. The van der Waals surface area contributed by atoms with Crippen molar-refractivity contribution >= 4 is 15.7 Å². The lowest BCUT2D eigenvalue weighted by Crippen LogP contribution is -2.51. The third-order valence-electron chi connectivity index (χ3n) is 4.73. The molecule has 6 nitrogen and oxygen atoms in total. The van der Waals surface area contributed by atoms with Crippen molar-refractivity contribution in [3.05, 3.63) is 24.3 Å². The number of likely N-dealkylation sites (tertiary alicyclic amines) is 1. The first-order valence-corrected chi connectivity index (χ1v) is 10.6. The molecule has 25 heavy (non-hydrogen) atoms. The van der Waals surface area contributed by atoms with E-state index in [0.29, 0.717) is 37.7 Å². The van der Waals surface area contributed by atoms with Crippen molar-refractivity contribution in [3.63, 3.8) is 0 Å². The van der Waals surface area contributed by atoms with Crippen LogP contribution in [0.25, 0.3) is 0 Å². The second kappa shape index (κ2) is 8.67. The highest BCUT2D eigenvalue weighted by atomic mass is 32.2. The molecule has 1 aromatic carbocycles. The molecule has 0 radical (unpaired) electrons. The van der Waals surface area contributed by atoms with E-state index in [0.717, 1.165) is 19.4 Å². The van der Waals surface area contributed by atoms with Crippen LogP contribution in [0.15, 0.2) is 29.2 Å². The molecule has 1 aliphatic rings. The molecule has 140 valence electrons. The average molecular weight is 368 g/mol. The monoisotopic (exact) mass is 368 g/mol. The summed E-state index contributed by atoms with van der Waals surface area (Å²) in [6.45, 7) is 3.87. The van der Waals surface area contributed by atoms with Gasteiger partial charge in [-0.15, -0.1) is 0 Å². The van der Waals surface area contributed by atoms with Crippen LogP contribution in [0, 0.1) is 5.92 Å². The van der Waals surface area contributed by atoms with Gasteiger partial charge in [-0.1, -0.05) is 6.92 Å². The molecule has 7 heteroatoms. The maximum atomic E-state index is 12.4. The van der Waals surface area contributed by atoms with Gasteiger partial charge in [-0.25, -0.2) is 8.42 Å². The minimum Gasteiger partial charge on any atom is -0.494 e. The molecular weight excluding hydrogens is 340 g/mol. The van der Waals surface area contributed by atoms with Crippen LogP contribution in [0.2, 0.25) is 0 Å². The molecule has 2 rings (SSSR count). The fourth-order valence-corrected chi connectivity index (χ4v) is 3.89.